The summed E-state index contributed by atoms with van der Waals surface area (Å²) in [4.78, 5) is 30.5. The zero-order valence-electron chi connectivity index (χ0n) is 14.6. The molecule has 9 N–H and O–H groups in total. The number of carboxylic acids is 3. The number of rotatable bonds is 3. The number of nitrogens with one attached hydrogen (secondary N) is 3. The van der Waals surface area contributed by atoms with Gasteiger partial charge in [0, 0.05) is 13.0 Å². The fourth-order valence-corrected chi connectivity index (χ4v) is 2.76. The maximum absolute atomic E-state index is 10.2. The van der Waals surface area contributed by atoms with Crippen molar-refractivity contribution in [1.29, 1.82) is 0 Å². The lowest BCUT2D eigenvalue weighted by molar-refractivity contribution is -0.141. The van der Waals surface area contributed by atoms with Crippen molar-refractivity contribution in [3.8, 4) is 0 Å². The molecule has 0 amide bonds. The molecule has 0 radical (unpaired) electrons. The summed E-state index contributed by atoms with van der Waals surface area (Å²) < 4.78 is 0. The van der Waals surface area contributed by atoms with Gasteiger partial charge in [-0.05, 0) is 25.8 Å². The van der Waals surface area contributed by atoms with Crippen LogP contribution < -0.4 is 16.0 Å². The molecule has 3 aliphatic heterocycles. The summed E-state index contributed by atoms with van der Waals surface area (Å²) in [7, 11) is 0. The lowest BCUT2D eigenvalue weighted by Crippen LogP contribution is -2.38. The van der Waals surface area contributed by atoms with E-state index in [-0.39, 0.29) is 0 Å². The van der Waals surface area contributed by atoms with Gasteiger partial charge in [-0.1, -0.05) is 0 Å². The van der Waals surface area contributed by atoms with E-state index in [9.17, 15) is 14.4 Å². The van der Waals surface area contributed by atoms with Crippen LogP contribution in [0.15, 0.2) is 0 Å². The van der Waals surface area contributed by atoms with Crippen LogP contribution in [0.3, 0.4) is 0 Å². The minimum Gasteiger partial charge on any atom is -0.480 e. The fraction of sp³-hybridized carbons (Fsp3) is 0.800. The third kappa shape index (κ3) is 8.15. The average Bonchev–Trinajstić information content (AvgIpc) is 3.29. The number of aliphatic carboxylic acids is 3. The van der Waals surface area contributed by atoms with Crippen molar-refractivity contribution in [3.05, 3.63) is 0 Å². The van der Waals surface area contributed by atoms with Gasteiger partial charge in [0.1, 0.15) is 24.4 Å². The summed E-state index contributed by atoms with van der Waals surface area (Å²) in [5.74, 6) is -2.74. The SMILES string of the molecule is O=C(O)C1CC(O)CN1.O=C(O)C1CCC(O)N1.O=C(O)C1NCCC1O. The van der Waals surface area contributed by atoms with E-state index >= 15 is 0 Å². The molecule has 12 nitrogen and oxygen atoms in total. The van der Waals surface area contributed by atoms with Crippen LogP contribution in [0.25, 0.3) is 0 Å². The molecule has 3 saturated heterocycles. The molecule has 0 aromatic carbocycles. The summed E-state index contributed by atoms with van der Waals surface area (Å²) in [6.07, 6.45) is 0.124. The molecule has 0 spiro atoms. The highest BCUT2D eigenvalue weighted by Crippen LogP contribution is 2.09. The number of aliphatic hydroxyl groups is 3. The molecule has 12 heteroatoms. The maximum atomic E-state index is 10.2. The van der Waals surface area contributed by atoms with Gasteiger partial charge < -0.3 is 41.3 Å². The molecule has 0 aliphatic carbocycles. The largest absolute Gasteiger partial charge is 0.480 e. The minimum absolute atomic E-state index is 0.329. The van der Waals surface area contributed by atoms with Crippen LogP contribution >= 0.6 is 0 Å². The third-order valence-corrected chi connectivity index (χ3v) is 4.28. The Morgan fingerprint density at radius 3 is 1.63 bits per heavy atom. The van der Waals surface area contributed by atoms with E-state index in [2.05, 4.69) is 16.0 Å². The molecule has 3 heterocycles. The molecule has 0 aromatic rings. The highest BCUT2D eigenvalue weighted by atomic mass is 16.4. The molecular formula is C15H27N3O9. The van der Waals surface area contributed by atoms with E-state index in [1.54, 1.807) is 0 Å². The molecule has 3 rings (SSSR count). The Morgan fingerprint density at radius 1 is 0.778 bits per heavy atom. The summed E-state index contributed by atoms with van der Waals surface area (Å²) in [6.45, 7) is 0.995. The number of β-amino-alcohol motifs (C(OH)–C–C–N with tert-alkyl or cyclic N) is 1. The highest BCUT2D eigenvalue weighted by Gasteiger charge is 2.30. The highest BCUT2D eigenvalue weighted by molar-refractivity contribution is 5.75. The van der Waals surface area contributed by atoms with Gasteiger partial charge in [0.25, 0.3) is 0 Å². The van der Waals surface area contributed by atoms with Crippen LogP contribution in [0.1, 0.15) is 25.7 Å². The van der Waals surface area contributed by atoms with Crippen molar-refractivity contribution >= 4 is 17.9 Å². The quantitative estimate of drug-likeness (QED) is 0.231. The standard InChI is InChI=1S/3C5H9NO3/c7-3-1-4(5(8)9)6-2-3;7-3-1-2-6-4(3)5(8)9;7-4-2-1-3(6-4)5(8)9/h3*3-4,6-7H,1-2H2,(H,8,9). The van der Waals surface area contributed by atoms with Crippen molar-refractivity contribution in [3.63, 3.8) is 0 Å². The molecular weight excluding hydrogens is 366 g/mol. The first kappa shape index (κ1) is 23.2. The van der Waals surface area contributed by atoms with Crippen LogP contribution in [0.4, 0.5) is 0 Å². The lowest BCUT2D eigenvalue weighted by Gasteiger charge is -2.06. The number of hydrogen-bond donors (Lipinski definition) is 9. The van der Waals surface area contributed by atoms with Crippen molar-refractivity contribution in [2.45, 2.75) is 62.2 Å². The van der Waals surface area contributed by atoms with Crippen molar-refractivity contribution in [2.24, 2.45) is 0 Å². The average molecular weight is 393 g/mol. The Hall–Kier alpha value is -1.83. The summed E-state index contributed by atoms with van der Waals surface area (Å²) in [5.41, 5.74) is 0. The number of carbonyl (C=O) groups is 3. The Bertz CT molecular complexity index is 489. The van der Waals surface area contributed by atoms with E-state index in [4.69, 9.17) is 30.6 Å². The first-order valence-corrected chi connectivity index (χ1v) is 8.57. The second kappa shape index (κ2) is 11.1. The molecule has 27 heavy (non-hydrogen) atoms. The normalized spacial score (nSPS) is 34.8. The van der Waals surface area contributed by atoms with Gasteiger partial charge >= 0.3 is 17.9 Å². The van der Waals surface area contributed by atoms with Crippen LogP contribution in [0.2, 0.25) is 0 Å². The van der Waals surface area contributed by atoms with Crippen LogP contribution in [-0.2, 0) is 14.4 Å². The maximum Gasteiger partial charge on any atom is 0.323 e. The van der Waals surface area contributed by atoms with E-state index < -0.39 is 54.5 Å². The Balaban J connectivity index is 0.000000202. The van der Waals surface area contributed by atoms with Crippen molar-refractivity contribution < 1.29 is 45.0 Å². The van der Waals surface area contributed by atoms with Crippen LogP contribution in [0.5, 0.6) is 0 Å². The van der Waals surface area contributed by atoms with Crippen LogP contribution in [-0.4, -0.2) is 98.2 Å². The van der Waals surface area contributed by atoms with Crippen molar-refractivity contribution in [1.82, 2.24) is 16.0 Å². The second-order valence-corrected chi connectivity index (χ2v) is 6.47. The van der Waals surface area contributed by atoms with Gasteiger partial charge in [-0.25, -0.2) is 0 Å². The smallest absolute Gasteiger partial charge is 0.323 e. The van der Waals surface area contributed by atoms with Gasteiger partial charge in [-0.15, -0.1) is 0 Å². The zero-order chi connectivity index (χ0) is 20.6. The Morgan fingerprint density at radius 2 is 1.41 bits per heavy atom. The third-order valence-electron chi connectivity index (χ3n) is 4.28. The monoisotopic (exact) mass is 393 g/mol. The predicted molar refractivity (Wildman–Crippen MR) is 89.9 cm³/mol. The van der Waals surface area contributed by atoms with Gasteiger partial charge in [-0.3, -0.25) is 19.7 Å². The van der Waals surface area contributed by atoms with E-state index in [1.807, 2.05) is 0 Å². The van der Waals surface area contributed by atoms with Gasteiger partial charge in [0.15, 0.2) is 0 Å². The molecule has 0 aromatic heterocycles. The molecule has 6 unspecified atom stereocenters. The fourth-order valence-electron chi connectivity index (χ4n) is 2.76. The van der Waals surface area contributed by atoms with Crippen molar-refractivity contribution in [2.75, 3.05) is 13.1 Å². The topological polar surface area (TPSA) is 209 Å². The minimum atomic E-state index is -0.972. The van der Waals surface area contributed by atoms with Gasteiger partial charge in [-0.2, -0.15) is 0 Å². The zero-order valence-corrected chi connectivity index (χ0v) is 14.6. The lowest BCUT2D eigenvalue weighted by atomic mass is 10.2. The summed E-state index contributed by atoms with van der Waals surface area (Å²) >= 11 is 0. The first-order chi connectivity index (χ1) is 12.6. The molecule has 6 atom stereocenters. The van der Waals surface area contributed by atoms with Gasteiger partial charge in [0.2, 0.25) is 0 Å². The van der Waals surface area contributed by atoms with E-state index in [1.165, 1.54) is 0 Å². The molecule has 0 bridgehead atoms. The summed E-state index contributed by atoms with van der Waals surface area (Å²) in [6, 6.07) is -1.83. The second-order valence-electron chi connectivity index (χ2n) is 6.47. The molecule has 3 fully saturated rings. The Labute approximate surface area is 155 Å². The number of hydrogen-bond acceptors (Lipinski definition) is 9. The van der Waals surface area contributed by atoms with E-state index in [0.717, 1.165) is 0 Å². The summed E-state index contributed by atoms with van der Waals surface area (Å²) in [5, 5.41) is 59.4. The molecule has 3 aliphatic rings. The number of carboxylic acid groups (broad SMARTS) is 3. The van der Waals surface area contributed by atoms with E-state index in [0.29, 0.717) is 38.8 Å². The Kier molecular flexibility index (Phi) is 9.55. The predicted octanol–water partition coefficient (Wildman–Crippen LogP) is -3.27. The van der Waals surface area contributed by atoms with Crippen LogP contribution in [0, 0.1) is 0 Å². The van der Waals surface area contributed by atoms with Gasteiger partial charge in [0.05, 0.1) is 12.2 Å². The number of aliphatic hydroxyl groups excluding tert-OH is 3. The molecule has 156 valence electrons. The first-order valence-electron chi connectivity index (χ1n) is 8.57. The molecule has 0 saturated carbocycles.